The van der Waals surface area contributed by atoms with Crippen LogP contribution in [-0.4, -0.2) is 17.0 Å². The summed E-state index contributed by atoms with van der Waals surface area (Å²) in [5.74, 6) is 0. The molecule has 0 aliphatic rings. The molecule has 3 nitrogen and oxygen atoms in total. The zero-order valence-electron chi connectivity index (χ0n) is 10.1. The van der Waals surface area contributed by atoms with Crippen LogP contribution >= 0.6 is 0 Å². The van der Waals surface area contributed by atoms with Crippen LogP contribution in [0.4, 0.5) is 11.4 Å². The van der Waals surface area contributed by atoms with Gasteiger partial charge in [0.1, 0.15) is 0 Å². The van der Waals surface area contributed by atoms with Gasteiger partial charge < -0.3 is 4.90 Å². The van der Waals surface area contributed by atoms with Crippen LogP contribution in [0, 0.1) is 0 Å². The minimum Gasteiger partial charge on any atom is -0.345 e. The number of fused-ring (bicyclic) bond motifs is 1. The van der Waals surface area contributed by atoms with E-state index in [1.807, 2.05) is 37.5 Å². The number of benzene rings is 1. The van der Waals surface area contributed by atoms with Crippen LogP contribution in [0.3, 0.4) is 0 Å². The first kappa shape index (κ1) is 10.7. The molecular formula is C15H13N3. The Kier molecular flexibility index (Phi) is 2.65. The number of aromatic nitrogens is 2. The minimum absolute atomic E-state index is 1.02. The van der Waals surface area contributed by atoms with Crippen molar-refractivity contribution in [1.82, 2.24) is 9.97 Å². The standard InChI is InChI=1S/C15H13N3/c1-18(13-6-9-16-10-7-13)14-4-5-15-12(11-14)3-2-8-17-15/h2-11H,1H3. The third-order valence-electron chi connectivity index (χ3n) is 3.02. The van der Waals surface area contributed by atoms with Gasteiger partial charge in [-0.2, -0.15) is 0 Å². The molecule has 0 radical (unpaired) electrons. The van der Waals surface area contributed by atoms with Crippen LogP contribution in [0.5, 0.6) is 0 Å². The fraction of sp³-hybridized carbons (Fsp3) is 0.0667. The SMILES string of the molecule is CN(c1ccncc1)c1ccc2ncccc2c1. The van der Waals surface area contributed by atoms with Gasteiger partial charge >= 0.3 is 0 Å². The van der Waals surface area contributed by atoms with Crippen molar-refractivity contribution in [2.75, 3.05) is 11.9 Å². The zero-order chi connectivity index (χ0) is 12.4. The first-order valence-corrected chi connectivity index (χ1v) is 5.83. The highest BCUT2D eigenvalue weighted by Gasteiger charge is 2.04. The number of pyridine rings is 2. The molecule has 1 aromatic carbocycles. The summed E-state index contributed by atoms with van der Waals surface area (Å²) in [6, 6.07) is 14.3. The van der Waals surface area contributed by atoms with Gasteiger partial charge in [-0.3, -0.25) is 9.97 Å². The van der Waals surface area contributed by atoms with Gasteiger partial charge in [-0.1, -0.05) is 6.07 Å². The monoisotopic (exact) mass is 235 g/mol. The van der Waals surface area contributed by atoms with Crippen LogP contribution in [0.25, 0.3) is 10.9 Å². The van der Waals surface area contributed by atoms with Crippen molar-refractivity contribution in [2.45, 2.75) is 0 Å². The lowest BCUT2D eigenvalue weighted by Gasteiger charge is -2.19. The van der Waals surface area contributed by atoms with Gasteiger partial charge in [0.2, 0.25) is 0 Å². The van der Waals surface area contributed by atoms with E-state index in [2.05, 4.69) is 33.1 Å². The number of rotatable bonds is 2. The number of nitrogens with zero attached hydrogens (tertiary/aromatic N) is 3. The van der Waals surface area contributed by atoms with Crippen molar-refractivity contribution in [3.63, 3.8) is 0 Å². The maximum Gasteiger partial charge on any atom is 0.0703 e. The summed E-state index contributed by atoms with van der Waals surface area (Å²) >= 11 is 0. The Bertz CT molecular complexity index is 665. The van der Waals surface area contributed by atoms with Crippen LogP contribution in [-0.2, 0) is 0 Å². The summed E-state index contributed by atoms with van der Waals surface area (Å²) in [4.78, 5) is 10.5. The maximum atomic E-state index is 4.33. The van der Waals surface area contributed by atoms with Crippen molar-refractivity contribution in [3.05, 3.63) is 61.1 Å². The second kappa shape index (κ2) is 4.45. The Hall–Kier alpha value is -2.42. The van der Waals surface area contributed by atoms with Crippen molar-refractivity contribution < 1.29 is 0 Å². The van der Waals surface area contributed by atoms with E-state index in [0.717, 1.165) is 22.3 Å². The lowest BCUT2D eigenvalue weighted by Crippen LogP contribution is -2.09. The molecule has 0 aliphatic carbocycles. The van der Waals surface area contributed by atoms with Crippen LogP contribution in [0.1, 0.15) is 0 Å². The van der Waals surface area contributed by atoms with Gasteiger partial charge in [0.05, 0.1) is 5.52 Å². The Labute approximate surface area is 106 Å². The van der Waals surface area contributed by atoms with Gasteiger partial charge in [-0.15, -0.1) is 0 Å². The molecule has 18 heavy (non-hydrogen) atoms. The molecule has 2 aromatic heterocycles. The molecule has 0 fully saturated rings. The largest absolute Gasteiger partial charge is 0.345 e. The van der Waals surface area contributed by atoms with Crippen LogP contribution in [0.15, 0.2) is 61.1 Å². The van der Waals surface area contributed by atoms with E-state index in [0.29, 0.717) is 0 Å². The molecule has 2 heterocycles. The normalized spacial score (nSPS) is 10.5. The number of anilines is 2. The number of hydrogen-bond donors (Lipinski definition) is 0. The Morgan fingerprint density at radius 2 is 1.72 bits per heavy atom. The highest BCUT2D eigenvalue weighted by molar-refractivity contribution is 5.83. The van der Waals surface area contributed by atoms with Gasteiger partial charge in [-0.05, 0) is 36.4 Å². The second-order valence-electron chi connectivity index (χ2n) is 4.14. The van der Waals surface area contributed by atoms with Crippen LogP contribution in [0.2, 0.25) is 0 Å². The first-order chi connectivity index (χ1) is 8.84. The van der Waals surface area contributed by atoms with Gasteiger partial charge in [0.15, 0.2) is 0 Å². The summed E-state index contributed by atoms with van der Waals surface area (Å²) in [5.41, 5.74) is 3.28. The molecule has 0 amide bonds. The molecule has 0 saturated carbocycles. The van der Waals surface area contributed by atoms with Crippen molar-refractivity contribution in [2.24, 2.45) is 0 Å². The lowest BCUT2D eigenvalue weighted by atomic mass is 10.2. The van der Waals surface area contributed by atoms with E-state index in [-0.39, 0.29) is 0 Å². The van der Waals surface area contributed by atoms with Gasteiger partial charge in [0.25, 0.3) is 0 Å². The highest BCUT2D eigenvalue weighted by Crippen LogP contribution is 2.25. The molecule has 0 bridgehead atoms. The zero-order valence-corrected chi connectivity index (χ0v) is 10.1. The molecule has 88 valence electrons. The maximum absolute atomic E-state index is 4.33. The third kappa shape index (κ3) is 1.91. The van der Waals surface area contributed by atoms with E-state index in [1.54, 1.807) is 12.4 Å². The highest BCUT2D eigenvalue weighted by atomic mass is 15.1. The average Bonchev–Trinajstić information content (AvgIpc) is 2.47. The predicted octanol–water partition coefficient (Wildman–Crippen LogP) is 3.40. The van der Waals surface area contributed by atoms with Gasteiger partial charge in [0, 0.05) is 42.4 Å². The minimum atomic E-state index is 1.02. The molecule has 3 heteroatoms. The molecule has 0 unspecified atom stereocenters. The molecule has 0 N–H and O–H groups in total. The first-order valence-electron chi connectivity index (χ1n) is 5.83. The fourth-order valence-corrected chi connectivity index (χ4v) is 1.99. The molecule has 3 aromatic rings. The van der Waals surface area contributed by atoms with Crippen molar-refractivity contribution >= 4 is 22.3 Å². The van der Waals surface area contributed by atoms with E-state index >= 15 is 0 Å². The quantitative estimate of drug-likeness (QED) is 0.681. The molecular weight excluding hydrogens is 222 g/mol. The van der Waals surface area contributed by atoms with E-state index < -0.39 is 0 Å². The predicted molar refractivity (Wildman–Crippen MR) is 74.0 cm³/mol. The third-order valence-corrected chi connectivity index (χ3v) is 3.02. The average molecular weight is 235 g/mol. The summed E-state index contributed by atoms with van der Waals surface area (Å²) in [5, 5.41) is 1.15. The molecule has 0 spiro atoms. The summed E-state index contributed by atoms with van der Waals surface area (Å²) in [6.45, 7) is 0. The smallest absolute Gasteiger partial charge is 0.0703 e. The molecule has 0 aliphatic heterocycles. The molecule has 0 atom stereocenters. The molecule has 3 rings (SSSR count). The van der Waals surface area contributed by atoms with E-state index in [1.165, 1.54) is 0 Å². The van der Waals surface area contributed by atoms with Gasteiger partial charge in [-0.25, -0.2) is 0 Å². The van der Waals surface area contributed by atoms with Crippen LogP contribution < -0.4 is 4.90 Å². The van der Waals surface area contributed by atoms with E-state index in [4.69, 9.17) is 0 Å². The number of hydrogen-bond acceptors (Lipinski definition) is 3. The van der Waals surface area contributed by atoms with Crippen molar-refractivity contribution in [3.8, 4) is 0 Å². The fourth-order valence-electron chi connectivity index (χ4n) is 1.99. The Morgan fingerprint density at radius 1 is 0.889 bits per heavy atom. The summed E-state index contributed by atoms with van der Waals surface area (Å²) < 4.78 is 0. The second-order valence-corrected chi connectivity index (χ2v) is 4.14. The van der Waals surface area contributed by atoms with Crippen molar-refractivity contribution in [1.29, 1.82) is 0 Å². The van der Waals surface area contributed by atoms with E-state index in [9.17, 15) is 0 Å². The Morgan fingerprint density at radius 3 is 2.56 bits per heavy atom. The topological polar surface area (TPSA) is 29.0 Å². The summed E-state index contributed by atoms with van der Waals surface area (Å²) in [6.07, 6.45) is 5.41. The lowest BCUT2D eigenvalue weighted by molar-refractivity contribution is 1.19. The molecule has 0 saturated heterocycles. The Balaban J connectivity index is 2.04. The summed E-state index contributed by atoms with van der Waals surface area (Å²) in [7, 11) is 2.05.